The summed E-state index contributed by atoms with van der Waals surface area (Å²) in [5.74, 6) is 1.60. The molecule has 23 heavy (non-hydrogen) atoms. The maximum absolute atomic E-state index is 10.4. The molecule has 4 heteroatoms. The van der Waals surface area contributed by atoms with Crippen LogP contribution in [-0.2, 0) is 0 Å². The third-order valence-electron chi connectivity index (χ3n) is 3.96. The van der Waals surface area contributed by atoms with E-state index in [4.69, 9.17) is 9.47 Å². The molecule has 2 N–H and O–H groups in total. The molecule has 0 aliphatic heterocycles. The van der Waals surface area contributed by atoms with E-state index in [-0.39, 0.29) is 6.04 Å². The SMILES string of the molecule is CCC(NCC(O)c1cccc(OC)c1)c1ccc(OC)cc1. The largest absolute Gasteiger partial charge is 0.497 e. The maximum Gasteiger partial charge on any atom is 0.119 e. The molecule has 0 spiro atoms. The van der Waals surface area contributed by atoms with Gasteiger partial charge < -0.3 is 19.9 Å². The van der Waals surface area contributed by atoms with E-state index in [9.17, 15) is 5.11 Å². The molecular weight excluding hydrogens is 290 g/mol. The third-order valence-corrected chi connectivity index (χ3v) is 3.96. The van der Waals surface area contributed by atoms with E-state index in [1.165, 1.54) is 5.56 Å². The van der Waals surface area contributed by atoms with Crippen LogP contribution < -0.4 is 14.8 Å². The van der Waals surface area contributed by atoms with E-state index < -0.39 is 6.10 Å². The van der Waals surface area contributed by atoms with Crippen molar-refractivity contribution in [3.63, 3.8) is 0 Å². The molecule has 2 aromatic carbocycles. The van der Waals surface area contributed by atoms with Gasteiger partial charge in [-0.25, -0.2) is 0 Å². The van der Waals surface area contributed by atoms with Crippen LogP contribution in [0.3, 0.4) is 0 Å². The third kappa shape index (κ3) is 4.71. The first-order valence-corrected chi connectivity index (χ1v) is 7.87. The lowest BCUT2D eigenvalue weighted by molar-refractivity contribution is 0.169. The van der Waals surface area contributed by atoms with E-state index in [1.54, 1.807) is 14.2 Å². The van der Waals surface area contributed by atoms with Crippen molar-refractivity contribution in [2.24, 2.45) is 0 Å². The molecule has 4 nitrogen and oxygen atoms in total. The zero-order valence-corrected chi connectivity index (χ0v) is 14.0. The molecule has 0 aliphatic carbocycles. The standard InChI is InChI=1S/C19H25NO3/c1-4-18(14-8-10-16(22-2)11-9-14)20-13-19(21)15-6-5-7-17(12-15)23-3/h5-12,18-21H,4,13H2,1-3H3. The molecule has 0 radical (unpaired) electrons. The van der Waals surface area contributed by atoms with Gasteiger partial charge in [0.15, 0.2) is 0 Å². The summed E-state index contributed by atoms with van der Waals surface area (Å²) in [6, 6.07) is 15.7. The average Bonchev–Trinajstić information content (AvgIpc) is 2.62. The Morgan fingerprint density at radius 1 is 0.957 bits per heavy atom. The van der Waals surface area contributed by atoms with E-state index >= 15 is 0 Å². The first-order valence-electron chi connectivity index (χ1n) is 7.87. The molecule has 124 valence electrons. The zero-order valence-electron chi connectivity index (χ0n) is 14.0. The average molecular weight is 315 g/mol. The van der Waals surface area contributed by atoms with Crippen molar-refractivity contribution in [2.75, 3.05) is 20.8 Å². The van der Waals surface area contributed by atoms with Crippen LogP contribution in [0.2, 0.25) is 0 Å². The van der Waals surface area contributed by atoms with Crippen molar-refractivity contribution >= 4 is 0 Å². The minimum Gasteiger partial charge on any atom is -0.497 e. The monoisotopic (exact) mass is 315 g/mol. The summed E-state index contributed by atoms with van der Waals surface area (Å²) in [6.07, 6.45) is 0.370. The molecule has 2 atom stereocenters. The number of benzene rings is 2. The lowest BCUT2D eigenvalue weighted by Gasteiger charge is -2.20. The molecule has 0 bridgehead atoms. The summed E-state index contributed by atoms with van der Waals surface area (Å²) in [5, 5.41) is 13.8. The Balaban J connectivity index is 1.98. The molecule has 2 aromatic rings. The van der Waals surface area contributed by atoms with Crippen LogP contribution in [-0.4, -0.2) is 25.9 Å². The van der Waals surface area contributed by atoms with Gasteiger partial charge in [-0.2, -0.15) is 0 Å². The molecule has 2 rings (SSSR count). The molecule has 2 unspecified atom stereocenters. The summed E-state index contributed by atoms with van der Waals surface area (Å²) in [4.78, 5) is 0. The van der Waals surface area contributed by atoms with Crippen LogP contribution in [0.4, 0.5) is 0 Å². The number of hydrogen-bond donors (Lipinski definition) is 2. The lowest BCUT2D eigenvalue weighted by atomic mass is 10.0. The van der Waals surface area contributed by atoms with Crippen LogP contribution in [0.25, 0.3) is 0 Å². The molecule has 0 fully saturated rings. The predicted molar refractivity (Wildman–Crippen MR) is 92.0 cm³/mol. The second-order valence-corrected chi connectivity index (χ2v) is 5.43. The second-order valence-electron chi connectivity index (χ2n) is 5.43. The number of rotatable bonds is 8. The second kappa shape index (κ2) is 8.56. The Kier molecular flexibility index (Phi) is 6.44. The Bertz CT molecular complexity index is 598. The van der Waals surface area contributed by atoms with Crippen molar-refractivity contribution in [3.05, 3.63) is 59.7 Å². The van der Waals surface area contributed by atoms with Crippen LogP contribution in [0.1, 0.15) is 36.6 Å². The van der Waals surface area contributed by atoms with Gasteiger partial charge in [-0.3, -0.25) is 0 Å². The van der Waals surface area contributed by atoms with Gasteiger partial charge in [-0.15, -0.1) is 0 Å². The highest BCUT2D eigenvalue weighted by Crippen LogP contribution is 2.22. The topological polar surface area (TPSA) is 50.7 Å². The number of aliphatic hydroxyl groups excluding tert-OH is 1. The molecule has 0 heterocycles. The van der Waals surface area contributed by atoms with Gasteiger partial charge in [-0.1, -0.05) is 31.2 Å². The first kappa shape index (κ1) is 17.3. The van der Waals surface area contributed by atoms with Gasteiger partial charge >= 0.3 is 0 Å². The molecule has 0 amide bonds. The Morgan fingerprint density at radius 3 is 2.26 bits per heavy atom. The molecule has 0 saturated carbocycles. The van der Waals surface area contributed by atoms with E-state index in [1.807, 2.05) is 36.4 Å². The highest BCUT2D eigenvalue weighted by atomic mass is 16.5. The normalized spacial score (nSPS) is 13.4. The van der Waals surface area contributed by atoms with Crippen molar-refractivity contribution in [3.8, 4) is 11.5 Å². The van der Waals surface area contributed by atoms with Crippen molar-refractivity contribution in [2.45, 2.75) is 25.5 Å². The Labute approximate surface area is 138 Å². The van der Waals surface area contributed by atoms with Gasteiger partial charge in [0.2, 0.25) is 0 Å². The van der Waals surface area contributed by atoms with Crippen molar-refractivity contribution < 1.29 is 14.6 Å². The number of aliphatic hydroxyl groups is 1. The van der Waals surface area contributed by atoms with Crippen LogP contribution in [0.15, 0.2) is 48.5 Å². The summed E-state index contributed by atoms with van der Waals surface area (Å²) in [6.45, 7) is 2.61. The van der Waals surface area contributed by atoms with E-state index in [2.05, 4.69) is 24.4 Å². The molecule has 0 saturated heterocycles. The lowest BCUT2D eigenvalue weighted by Crippen LogP contribution is -2.26. The van der Waals surface area contributed by atoms with Gasteiger partial charge in [-0.05, 0) is 41.8 Å². The van der Waals surface area contributed by atoms with E-state index in [0.29, 0.717) is 6.54 Å². The smallest absolute Gasteiger partial charge is 0.119 e. The summed E-state index contributed by atoms with van der Waals surface area (Å²) in [7, 11) is 3.29. The minimum absolute atomic E-state index is 0.196. The fraction of sp³-hybridized carbons (Fsp3) is 0.368. The molecule has 0 aromatic heterocycles. The van der Waals surface area contributed by atoms with Crippen LogP contribution in [0, 0.1) is 0 Å². The van der Waals surface area contributed by atoms with Crippen molar-refractivity contribution in [1.29, 1.82) is 0 Å². The number of nitrogens with one attached hydrogen (secondary N) is 1. The fourth-order valence-electron chi connectivity index (χ4n) is 2.55. The summed E-state index contributed by atoms with van der Waals surface area (Å²) >= 11 is 0. The summed E-state index contributed by atoms with van der Waals surface area (Å²) in [5.41, 5.74) is 2.03. The van der Waals surface area contributed by atoms with Gasteiger partial charge in [0.25, 0.3) is 0 Å². The minimum atomic E-state index is -0.572. The Morgan fingerprint density at radius 2 is 1.65 bits per heavy atom. The number of ether oxygens (including phenoxy) is 2. The van der Waals surface area contributed by atoms with Crippen molar-refractivity contribution in [1.82, 2.24) is 5.32 Å². The highest BCUT2D eigenvalue weighted by molar-refractivity contribution is 5.31. The highest BCUT2D eigenvalue weighted by Gasteiger charge is 2.13. The maximum atomic E-state index is 10.4. The first-order chi connectivity index (χ1) is 11.2. The quantitative estimate of drug-likeness (QED) is 0.783. The number of methoxy groups -OCH3 is 2. The number of hydrogen-bond acceptors (Lipinski definition) is 4. The molecule has 0 aliphatic rings. The molecular formula is C19H25NO3. The predicted octanol–water partition coefficient (Wildman–Crippen LogP) is 3.48. The van der Waals surface area contributed by atoms with Crippen LogP contribution >= 0.6 is 0 Å². The van der Waals surface area contributed by atoms with Gasteiger partial charge in [0.05, 0.1) is 20.3 Å². The summed E-state index contributed by atoms with van der Waals surface area (Å²) < 4.78 is 10.4. The Hall–Kier alpha value is -2.04. The van der Waals surface area contributed by atoms with Crippen LogP contribution in [0.5, 0.6) is 11.5 Å². The zero-order chi connectivity index (χ0) is 16.7. The van der Waals surface area contributed by atoms with E-state index in [0.717, 1.165) is 23.5 Å². The fourth-order valence-corrected chi connectivity index (χ4v) is 2.55. The van der Waals surface area contributed by atoms with Gasteiger partial charge in [0, 0.05) is 12.6 Å². The van der Waals surface area contributed by atoms with Gasteiger partial charge in [0.1, 0.15) is 11.5 Å².